The number of hydrogen-bond donors (Lipinski definition) is 0. The SMILES string of the molecule is COc1ccccc1N1CCN(C(=O)CCS(=O)(=O)c2ccccc2)CC1. The first-order chi connectivity index (χ1) is 13.0. The van der Waals surface area contributed by atoms with Crippen molar-refractivity contribution in [2.75, 3.05) is 43.9 Å². The van der Waals surface area contributed by atoms with E-state index in [1.54, 1.807) is 42.3 Å². The number of hydrogen-bond acceptors (Lipinski definition) is 5. The summed E-state index contributed by atoms with van der Waals surface area (Å²) >= 11 is 0. The molecule has 0 spiro atoms. The van der Waals surface area contributed by atoms with Gasteiger partial charge in [0.15, 0.2) is 9.84 Å². The lowest BCUT2D eigenvalue weighted by molar-refractivity contribution is -0.131. The maximum atomic E-state index is 12.5. The molecule has 0 unspecified atom stereocenters. The van der Waals surface area contributed by atoms with E-state index in [1.807, 2.05) is 24.3 Å². The number of benzene rings is 2. The first-order valence-electron chi connectivity index (χ1n) is 8.95. The Kier molecular flexibility index (Phi) is 6.01. The Bertz CT molecular complexity index is 876. The van der Waals surface area contributed by atoms with Crippen LogP contribution in [0.25, 0.3) is 0 Å². The molecule has 2 aromatic rings. The monoisotopic (exact) mass is 388 g/mol. The number of nitrogens with zero attached hydrogens (tertiary/aromatic N) is 2. The van der Waals surface area contributed by atoms with E-state index in [9.17, 15) is 13.2 Å². The zero-order valence-corrected chi connectivity index (χ0v) is 16.2. The van der Waals surface area contributed by atoms with E-state index in [-0.39, 0.29) is 23.0 Å². The van der Waals surface area contributed by atoms with Crippen molar-refractivity contribution in [3.63, 3.8) is 0 Å². The van der Waals surface area contributed by atoms with Crippen LogP contribution in [0.15, 0.2) is 59.5 Å². The van der Waals surface area contributed by atoms with Gasteiger partial charge in [-0.3, -0.25) is 4.79 Å². The van der Waals surface area contributed by atoms with Crippen LogP contribution in [-0.4, -0.2) is 58.3 Å². The Labute approximate surface area is 160 Å². The second-order valence-corrected chi connectivity index (χ2v) is 8.53. The quantitative estimate of drug-likeness (QED) is 0.759. The van der Waals surface area contributed by atoms with Crippen LogP contribution >= 0.6 is 0 Å². The molecule has 1 aliphatic heterocycles. The molecule has 0 N–H and O–H groups in total. The molecule has 1 aliphatic rings. The van der Waals surface area contributed by atoms with Gasteiger partial charge in [-0.05, 0) is 24.3 Å². The predicted octanol–water partition coefficient (Wildman–Crippen LogP) is 2.21. The van der Waals surface area contributed by atoms with Crippen molar-refractivity contribution in [2.45, 2.75) is 11.3 Å². The maximum Gasteiger partial charge on any atom is 0.223 e. The minimum atomic E-state index is -3.43. The van der Waals surface area contributed by atoms with Gasteiger partial charge < -0.3 is 14.5 Å². The van der Waals surface area contributed by atoms with Gasteiger partial charge in [-0.15, -0.1) is 0 Å². The van der Waals surface area contributed by atoms with Crippen molar-refractivity contribution in [3.05, 3.63) is 54.6 Å². The number of carbonyl (C=O) groups is 1. The lowest BCUT2D eigenvalue weighted by atomic mass is 10.2. The lowest BCUT2D eigenvalue weighted by Crippen LogP contribution is -2.49. The smallest absolute Gasteiger partial charge is 0.223 e. The molecular formula is C20H24N2O4S. The van der Waals surface area contributed by atoms with Gasteiger partial charge in [0.05, 0.1) is 23.4 Å². The lowest BCUT2D eigenvalue weighted by Gasteiger charge is -2.36. The van der Waals surface area contributed by atoms with Gasteiger partial charge in [0.25, 0.3) is 0 Å². The van der Waals surface area contributed by atoms with E-state index in [1.165, 1.54) is 0 Å². The van der Waals surface area contributed by atoms with E-state index in [0.29, 0.717) is 26.2 Å². The summed E-state index contributed by atoms with van der Waals surface area (Å²) < 4.78 is 30.1. The summed E-state index contributed by atoms with van der Waals surface area (Å²) in [5.41, 5.74) is 1.01. The van der Waals surface area contributed by atoms with Crippen LogP contribution in [0.3, 0.4) is 0 Å². The molecule has 1 amide bonds. The first-order valence-corrected chi connectivity index (χ1v) is 10.6. The average molecular weight is 388 g/mol. The molecule has 1 heterocycles. The molecule has 3 rings (SSSR count). The number of carbonyl (C=O) groups excluding carboxylic acids is 1. The normalized spacial score (nSPS) is 14.9. The second kappa shape index (κ2) is 8.43. The molecule has 0 aliphatic carbocycles. The summed E-state index contributed by atoms with van der Waals surface area (Å²) in [5.74, 6) is 0.531. The minimum absolute atomic E-state index is 0.00584. The highest BCUT2D eigenvalue weighted by atomic mass is 32.2. The molecular weight excluding hydrogens is 364 g/mol. The number of methoxy groups -OCH3 is 1. The molecule has 144 valence electrons. The number of anilines is 1. The standard InChI is InChI=1S/C20H24N2O4S/c1-26-19-10-6-5-9-18(19)21-12-14-22(15-13-21)20(23)11-16-27(24,25)17-7-3-2-4-8-17/h2-10H,11-16H2,1H3. The number of amides is 1. The van der Waals surface area contributed by atoms with Crippen molar-refractivity contribution in [3.8, 4) is 5.75 Å². The second-order valence-electron chi connectivity index (χ2n) is 6.42. The average Bonchev–Trinajstić information content (AvgIpc) is 2.73. The summed E-state index contributed by atoms with van der Waals surface area (Å²) in [5, 5.41) is 0. The van der Waals surface area contributed by atoms with Crippen molar-refractivity contribution in [1.29, 1.82) is 0 Å². The van der Waals surface area contributed by atoms with Crippen molar-refractivity contribution < 1.29 is 17.9 Å². The maximum absolute atomic E-state index is 12.5. The molecule has 0 bridgehead atoms. The third-order valence-corrected chi connectivity index (χ3v) is 6.48. The van der Waals surface area contributed by atoms with E-state index in [2.05, 4.69) is 4.90 Å². The van der Waals surface area contributed by atoms with Gasteiger partial charge in [-0.1, -0.05) is 30.3 Å². The zero-order valence-electron chi connectivity index (χ0n) is 15.4. The Morgan fingerprint density at radius 1 is 0.963 bits per heavy atom. The number of rotatable bonds is 6. The number of para-hydroxylation sites is 2. The van der Waals surface area contributed by atoms with Crippen molar-refractivity contribution >= 4 is 21.4 Å². The Morgan fingerprint density at radius 2 is 1.59 bits per heavy atom. The number of ether oxygens (including phenoxy) is 1. The van der Waals surface area contributed by atoms with Crippen LogP contribution in [0.5, 0.6) is 5.75 Å². The summed E-state index contributed by atoms with van der Waals surface area (Å²) in [4.78, 5) is 16.6. The molecule has 0 radical (unpaired) electrons. The highest BCUT2D eigenvalue weighted by Gasteiger charge is 2.24. The molecule has 1 saturated heterocycles. The topological polar surface area (TPSA) is 66.9 Å². The molecule has 2 aromatic carbocycles. The molecule has 0 atom stereocenters. The van der Waals surface area contributed by atoms with Crippen molar-refractivity contribution in [2.24, 2.45) is 0 Å². The fourth-order valence-corrected chi connectivity index (χ4v) is 4.46. The summed E-state index contributed by atoms with van der Waals surface area (Å²) in [6.07, 6.45) is 0.00584. The highest BCUT2D eigenvalue weighted by Crippen LogP contribution is 2.28. The molecule has 6 nitrogen and oxygen atoms in total. The molecule has 7 heteroatoms. The van der Waals surface area contributed by atoms with Gasteiger partial charge in [-0.25, -0.2) is 8.42 Å². The third kappa shape index (κ3) is 4.60. The third-order valence-electron chi connectivity index (χ3n) is 4.75. The van der Waals surface area contributed by atoms with E-state index < -0.39 is 9.84 Å². The van der Waals surface area contributed by atoms with Crippen LogP contribution in [0.4, 0.5) is 5.69 Å². The van der Waals surface area contributed by atoms with Gasteiger partial charge in [-0.2, -0.15) is 0 Å². The van der Waals surface area contributed by atoms with Crippen LogP contribution in [-0.2, 0) is 14.6 Å². The molecule has 1 fully saturated rings. The van der Waals surface area contributed by atoms with Crippen molar-refractivity contribution in [1.82, 2.24) is 4.90 Å². The first kappa shape index (κ1) is 19.2. The molecule has 0 aromatic heterocycles. The Balaban J connectivity index is 1.54. The fourth-order valence-electron chi connectivity index (χ4n) is 3.21. The van der Waals surface area contributed by atoms with E-state index in [4.69, 9.17) is 4.74 Å². The number of sulfone groups is 1. The Morgan fingerprint density at radius 3 is 2.26 bits per heavy atom. The van der Waals surface area contributed by atoms with Crippen LogP contribution < -0.4 is 9.64 Å². The van der Waals surface area contributed by atoms with E-state index >= 15 is 0 Å². The molecule has 27 heavy (non-hydrogen) atoms. The van der Waals surface area contributed by atoms with Gasteiger partial charge in [0.2, 0.25) is 5.91 Å². The fraction of sp³-hybridized carbons (Fsp3) is 0.350. The van der Waals surface area contributed by atoms with Crippen LogP contribution in [0, 0.1) is 0 Å². The van der Waals surface area contributed by atoms with Gasteiger partial charge in [0, 0.05) is 32.6 Å². The van der Waals surface area contributed by atoms with Crippen LogP contribution in [0.2, 0.25) is 0 Å². The van der Waals surface area contributed by atoms with Gasteiger partial charge >= 0.3 is 0 Å². The van der Waals surface area contributed by atoms with Gasteiger partial charge in [0.1, 0.15) is 5.75 Å². The van der Waals surface area contributed by atoms with E-state index in [0.717, 1.165) is 11.4 Å². The minimum Gasteiger partial charge on any atom is -0.495 e. The largest absolute Gasteiger partial charge is 0.495 e. The Hall–Kier alpha value is -2.54. The predicted molar refractivity (Wildman–Crippen MR) is 105 cm³/mol. The zero-order chi connectivity index (χ0) is 19.3. The molecule has 0 saturated carbocycles. The summed E-state index contributed by atoms with van der Waals surface area (Å²) in [6, 6.07) is 16.1. The summed E-state index contributed by atoms with van der Waals surface area (Å²) in [6.45, 7) is 2.53. The van der Waals surface area contributed by atoms with Crippen LogP contribution in [0.1, 0.15) is 6.42 Å². The highest BCUT2D eigenvalue weighted by molar-refractivity contribution is 7.91. The number of piperazine rings is 1. The summed E-state index contributed by atoms with van der Waals surface area (Å²) in [7, 11) is -1.79.